The second-order valence-corrected chi connectivity index (χ2v) is 9.72. The van der Waals surface area contributed by atoms with Crippen molar-refractivity contribution in [1.82, 2.24) is 9.55 Å². The van der Waals surface area contributed by atoms with Gasteiger partial charge < -0.3 is 19.9 Å². The van der Waals surface area contributed by atoms with Gasteiger partial charge in [0.1, 0.15) is 11.3 Å². The number of carbonyl (C=O) groups excluding carboxylic acids is 1. The fraction of sp³-hybridized carbons (Fsp3) is 0.208. The van der Waals surface area contributed by atoms with Gasteiger partial charge in [0, 0.05) is 40.1 Å². The topological polar surface area (TPSA) is 85.2 Å². The SMILES string of the molecule is CNc1nc(-c2ccc(OC)c(NC(=O)c3cn4c5c(cc(Br)cc5c3=O)CC4C)c2)cs1. The van der Waals surface area contributed by atoms with Gasteiger partial charge >= 0.3 is 0 Å². The van der Waals surface area contributed by atoms with Gasteiger partial charge in [-0.1, -0.05) is 15.9 Å². The molecule has 33 heavy (non-hydrogen) atoms. The molecule has 0 saturated carbocycles. The van der Waals surface area contributed by atoms with E-state index in [4.69, 9.17) is 4.74 Å². The van der Waals surface area contributed by atoms with Crippen molar-refractivity contribution in [2.24, 2.45) is 0 Å². The highest BCUT2D eigenvalue weighted by molar-refractivity contribution is 9.10. The summed E-state index contributed by atoms with van der Waals surface area (Å²) in [6.07, 6.45) is 2.49. The molecule has 2 aromatic carbocycles. The second kappa shape index (κ2) is 8.31. The van der Waals surface area contributed by atoms with Crippen LogP contribution in [0.15, 0.2) is 51.2 Å². The van der Waals surface area contributed by atoms with Crippen molar-refractivity contribution in [1.29, 1.82) is 0 Å². The summed E-state index contributed by atoms with van der Waals surface area (Å²) in [6, 6.07) is 9.45. The van der Waals surface area contributed by atoms with Crippen LogP contribution in [0.25, 0.3) is 22.2 Å². The van der Waals surface area contributed by atoms with E-state index in [1.807, 2.05) is 29.1 Å². The van der Waals surface area contributed by atoms with E-state index < -0.39 is 5.91 Å². The lowest BCUT2D eigenvalue weighted by Gasteiger charge is -2.14. The Morgan fingerprint density at radius 1 is 1.30 bits per heavy atom. The first-order valence-electron chi connectivity index (χ1n) is 10.4. The third-order valence-corrected chi connectivity index (χ3v) is 7.18. The standard InChI is InChI=1S/C24H21BrN4O3S/c1-12-6-14-7-15(25)9-16-21(14)29(12)10-17(22(16)30)23(31)27-18-8-13(4-5-20(18)32-3)19-11-33-24(26-2)28-19/h4-5,7-12H,6H2,1-3H3,(H,26,28)(H,27,31). The third kappa shape index (κ3) is 3.71. The van der Waals surface area contributed by atoms with Crippen molar-refractivity contribution < 1.29 is 9.53 Å². The largest absolute Gasteiger partial charge is 0.495 e. The molecular formula is C24H21BrN4O3S. The number of rotatable bonds is 5. The number of hydrogen-bond acceptors (Lipinski definition) is 6. The maximum absolute atomic E-state index is 13.3. The van der Waals surface area contributed by atoms with Crippen LogP contribution in [0.1, 0.15) is 28.9 Å². The normalized spacial score (nSPS) is 14.5. The van der Waals surface area contributed by atoms with Crippen LogP contribution in [0.3, 0.4) is 0 Å². The number of methoxy groups -OCH3 is 1. The predicted octanol–water partition coefficient (Wildman–Crippen LogP) is 5.31. The van der Waals surface area contributed by atoms with Crippen LogP contribution in [0, 0.1) is 0 Å². The van der Waals surface area contributed by atoms with Crippen LogP contribution in [0.5, 0.6) is 5.75 Å². The van der Waals surface area contributed by atoms with Crippen molar-refractivity contribution in [2.45, 2.75) is 19.4 Å². The average Bonchev–Trinajstić information content (AvgIpc) is 3.40. The minimum Gasteiger partial charge on any atom is -0.495 e. The third-order valence-electron chi connectivity index (χ3n) is 5.87. The predicted molar refractivity (Wildman–Crippen MR) is 136 cm³/mol. The second-order valence-electron chi connectivity index (χ2n) is 7.95. The minimum absolute atomic E-state index is 0.0962. The average molecular weight is 525 g/mol. The van der Waals surface area contributed by atoms with Gasteiger partial charge in [-0.3, -0.25) is 9.59 Å². The van der Waals surface area contributed by atoms with Gasteiger partial charge in [-0.25, -0.2) is 4.98 Å². The molecule has 3 heterocycles. The summed E-state index contributed by atoms with van der Waals surface area (Å²) in [4.78, 5) is 31.1. The molecule has 5 rings (SSSR count). The molecule has 1 atom stereocenters. The van der Waals surface area contributed by atoms with Crippen LogP contribution in [0.4, 0.5) is 10.8 Å². The molecule has 0 radical (unpaired) electrons. The molecule has 2 aromatic heterocycles. The van der Waals surface area contributed by atoms with Crippen molar-refractivity contribution in [3.8, 4) is 17.0 Å². The zero-order valence-electron chi connectivity index (χ0n) is 18.2. The number of hydrogen-bond donors (Lipinski definition) is 2. The molecule has 4 aromatic rings. The highest BCUT2D eigenvalue weighted by atomic mass is 79.9. The number of ether oxygens (including phenoxy) is 1. The molecule has 1 aliphatic rings. The summed E-state index contributed by atoms with van der Waals surface area (Å²) in [5.41, 5.74) is 3.91. The van der Waals surface area contributed by atoms with Gasteiger partial charge in [0.15, 0.2) is 5.13 Å². The lowest BCUT2D eigenvalue weighted by Crippen LogP contribution is -2.24. The number of carbonyl (C=O) groups is 1. The molecule has 7 nitrogen and oxygen atoms in total. The van der Waals surface area contributed by atoms with E-state index in [0.717, 1.165) is 38.4 Å². The molecule has 0 saturated heterocycles. The van der Waals surface area contributed by atoms with Gasteiger partial charge in [0.25, 0.3) is 5.91 Å². The maximum atomic E-state index is 13.3. The summed E-state index contributed by atoms with van der Waals surface area (Å²) >= 11 is 4.99. The van der Waals surface area contributed by atoms with Gasteiger partial charge in [0.05, 0.1) is 24.0 Å². The summed E-state index contributed by atoms with van der Waals surface area (Å²) in [5, 5.41) is 9.19. The number of anilines is 2. The number of thiazole rings is 1. The van der Waals surface area contributed by atoms with Gasteiger partial charge in [-0.2, -0.15) is 0 Å². The summed E-state index contributed by atoms with van der Waals surface area (Å²) in [7, 11) is 3.36. The first-order chi connectivity index (χ1) is 15.9. The monoisotopic (exact) mass is 524 g/mol. The molecule has 168 valence electrons. The fourth-order valence-corrected chi connectivity index (χ4v) is 5.48. The highest BCUT2D eigenvalue weighted by Gasteiger charge is 2.25. The molecule has 0 spiro atoms. The van der Waals surface area contributed by atoms with E-state index in [2.05, 4.69) is 38.5 Å². The molecule has 9 heteroatoms. The quantitative estimate of drug-likeness (QED) is 0.369. The van der Waals surface area contributed by atoms with E-state index in [-0.39, 0.29) is 17.0 Å². The van der Waals surface area contributed by atoms with Crippen LogP contribution in [-0.2, 0) is 6.42 Å². The highest BCUT2D eigenvalue weighted by Crippen LogP contribution is 2.35. The zero-order valence-corrected chi connectivity index (χ0v) is 20.6. The number of aromatic nitrogens is 2. The van der Waals surface area contributed by atoms with Gasteiger partial charge in [0.2, 0.25) is 5.43 Å². The Balaban J connectivity index is 1.56. The van der Waals surface area contributed by atoms with E-state index >= 15 is 0 Å². The number of pyridine rings is 1. The van der Waals surface area contributed by atoms with Crippen molar-refractivity contribution in [3.05, 3.63) is 67.7 Å². The van der Waals surface area contributed by atoms with Gasteiger partial charge in [-0.05, 0) is 49.2 Å². The summed E-state index contributed by atoms with van der Waals surface area (Å²) in [5.74, 6) is 0.0240. The Kier molecular flexibility index (Phi) is 5.46. The fourth-order valence-electron chi connectivity index (χ4n) is 4.30. The van der Waals surface area contributed by atoms with Gasteiger partial charge in [-0.15, -0.1) is 11.3 Å². The number of amides is 1. The first-order valence-corrected chi connectivity index (χ1v) is 12.1. The van der Waals surface area contributed by atoms with E-state index in [0.29, 0.717) is 16.8 Å². The molecule has 0 fully saturated rings. The number of nitrogens with zero attached hydrogens (tertiary/aromatic N) is 2. The Hall–Kier alpha value is -3.17. The van der Waals surface area contributed by atoms with Crippen molar-refractivity contribution >= 4 is 54.9 Å². The van der Waals surface area contributed by atoms with E-state index in [1.165, 1.54) is 11.3 Å². The molecule has 1 unspecified atom stereocenters. The number of nitrogens with one attached hydrogen (secondary N) is 2. The molecular weight excluding hydrogens is 504 g/mol. The number of halogens is 1. The molecule has 0 bridgehead atoms. The molecule has 0 aliphatic carbocycles. The summed E-state index contributed by atoms with van der Waals surface area (Å²) < 4.78 is 8.31. The van der Waals surface area contributed by atoms with Crippen LogP contribution in [0.2, 0.25) is 0 Å². The minimum atomic E-state index is -0.476. The molecule has 1 amide bonds. The Morgan fingerprint density at radius 2 is 2.12 bits per heavy atom. The van der Waals surface area contributed by atoms with Crippen LogP contribution < -0.4 is 20.8 Å². The zero-order chi connectivity index (χ0) is 23.3. The van der Waals surface area contributed by atoms with Crippen molar-refractivity contribution in [3.63, 3.8) is 0 Å². The Labute approximate surface area is 202 Å². The summed E-state index contributed by atoms with van der Waals surface area (Å²) in [6.45, 7) is 2.08. The van der Waals surface area contributed by atoms with Crippen LogP contribution >= 0.6 is 27.3 Å². The van der Waals surface area contributed by atoms with Crippen molar-refractivity contribution in [2.75, 3.05) is 24.8 Å². The van der Waals surface area contributed by atoms with E-state index in [9.17, 15) is 9.59 Å². The van der Waals surface area contributed by atoms with E-state index in [1.54, 1.807) is 31.5 Å². The number of benzene rings is 2. The molecule has 2 N–H and O–H groups in total. The smallest absolute Gasteiger partial charge is 0.261 e. The first kappa shape index (κ1) is 21.7. The Morgan fingerprint density at radius 3 is 2.85 bits per heavy atom. The Bertz CT molecular complexity index is 1480. The lowest BCUT2D eigenvalue weighted by molar-refractivity contribution is 0.102. The lowest BCUT2D eigenvalue weighted by atomic mass is 10.1. The van der Waals surface area contributed by atoms with Crippen LogP contribution in [-0.4, -0.2) is 29.6 Å². The maximum Gasteiger partial charge on any atom is 0.261 e. The molecule has 1 aliphatic heterocycles.